The van der Waals surface area contributed by atoms with Gasteiger partial charge in [-0.25, -0.2) is 8.42 Å². The van der Waals surface area contributed by atoms with Crippen LogP contribution in [0.1, 0.15) is 25.5 Å². The summed E-state index contributed by atoms with van der Waals surface area (Å²) < 4.78 is 25.6. The minimum absolute atomic E-state index is 0.0551. The predicted molar refractivity (Wildman–Crippen MR) is 94.7 cm³/mol. The number of hydrogen-bond acceptors (Lipinski definition) is 5. The molecule has 0 aromatic heterocycles. The number of hydrogen-bond donors (Lipinski definition) is 1. The maximum atomic E-state index is 12.3. The van der Waals surface area contributed by atoms with Crippen LogP contribution in [0.25, 0.3) is 0 Å². The molecule has 1 fully saturated rings. The van der Waals surface area contributed by atoms with E-state index < -0.39 is 15.2 Å². The maximum Gasteiger partial charge on any atom is 0.171 e. The highest BCUT2D eigenvalue weighted by molar-refractivity contribution is 9.10. The highest BCUT2D eigenvalue weighted by Gasteiger charge is 2.33. The van der Waals surface area contributed by atoms with Gasteiger partial charge in [0.05, 0.1) is 0 Å². The van der Waals surface area contributed by atoms with Crippen molar-refractivity contribution in [1.82, 2.24) is 0 Å². The molecular weight excluding hydrogens is 372 g/mol. The van der Waals surface area contributed by atoms with Crippen LogP contribution in [0.2, 0.25) is 0 Å². The van der Waals surface area contributed by atoms with Crippen molar-refractivity contribution in [3.8, 4) is 0 Å². The number of thioether (sulfide) groups is 1. The van der Waals surface area contributed by atoms with Gasteiger partial charge < -0.3 is 10.6 Å². The maximum absolute atomic E-state index is 12.3. The minimum atomic E-state index is -3.09. The molecule has 7 heteroatoms. The van der Waals surface area contributed by atoms with E-state index in [4.69, 9.17) is 5.73 Å². The van der Waals surface area contributed by atoms with Gasteiger partial charge in [-0.2, -0.15) is 11.8 Å². The lowest BCUT2D eigenvalue weighted by Gasteiger charge is -2.36. The van der Waals surface area contributed by atoms with E-state index in [1.807, 2.05) is 30.0 Å². The smallest absolute Gasteiger partial charge is 0.171 e. The van der Waals surface area contributed by atoms with Crippen LogP contribution in [-0.4, -0.2) is 37.6 Å². The Labute approximate surface area is 139 Å². The molecule has 1 saturated heterocycles. The molecule has 1 heterocycles. The van der Waals surface area contributed by atoms with Crippen molar-refractivity contribution in [2.45, 2.75) is 25.3 Å². The average Bonchev–Trinajstić information content (AvgIpc) is 2.46. The molecule has 118 valence electrons. The average molecular weight is 393 g/mol. The normalized spacial score (nSPS) is 21.3. The Morgan fingerprint density at radius 2 is 2.24 bits per heavy atom. The zero-order valence-electron chi connectivity index (χ0n) is 12.3. The van der Waals surface area contributed by atoms with Gasteiger partial charge in [0, 0.05) is 40.0 Å². The van der Waals surface area contributed by atoms with Crippen molar-refractivity contribution in [2.24, 2.45) is 5.73 Å². The van der Waals surface area contributed by atoms with Crippen LogP contribution >= 0.6 is 27.7 Å². The number of benzene rings is 1. The van der Waals surface area contributed by atoms with E-state index in [0.717, 1.165) is 28.0 Å². The third-order valence-electron chi connectivity index (χ3n) is 3.71. The second-order valence-corrected chi connectivity index (χ2v) is 9.62. The molecule has 0 bridgehead atoms. The second kappa shape index (κ2) is 6.89. The van der Waals surface area contributed by atoms with Gasteiger partial charge >= 0.3 is 0 Å². The molecule has 2 atom stereocenters. The summed E-state index contributed by atoms with van der Waals surface area (Å²) in [5.41, 5.74) is 7.88. The molecule has 0 amide bonds. The first-order chi connectivity index (χ1) is 9.86. The van der Waals surface area contributed by atoms with Crippen LogP contribution in [0.4, 0.5) is 5.69 Å². The first-order valence-electron chi connectivity index (χ1n) is 6.97. The van der Waals surface area contributed by atoms with Crippen molar-refractivity contribution < 1.29 is 8.42 Å². The fraction of sp³-hybridized carbons (Fsp3) is 0.571. The van der Waals surface area contributed by atoms with Crippen LogP contribution in [0, 0.1) is 0 Å². The summed E-state index contributed by atoms with van der Waals surface area (Å²) in [6.45, 7) is 4.39. The largest absolute Gasteiger partial charge is 0.353 e. The van der Waals surface area contributed by atoms with Crippen molar-refractivity contribution in [2.75, 3.05) is 28.7 Å². The lowest BCUT2D eigenvalue weighted by atomic mass is 10.1. The zero-order valence-corrected chi connectivity index (χ0v) is 15.5. The molecule has 0 saturated carbocycles. The molecule has 21 heavy (non-hydrogen) atoms. The summed E-state index contributed by atoms with van der Waals surface area (Å²) >= 11 is 5.24. The third-order valence-corrected chi connectivity index (χ3v) is 7.68. The second-order valence-electron chi connectivity index (χ2n) is 5.17. The van der Waals surface area contributed by atoms with Crippen LogP contribution in [0.5, 0.6) is 0 Å². The Kier molecular flexibility index (Phi) is 5.62. The number of sulfone groups is 1. The number of nitrogens with zero attached hydrogens (tertiary/aromatic N) is 1. The summed E-state index contributed by atoms with van der Waals surface area (Å²) in [7, 11) is -3.09. The molecule has 1 aromatic rings. The fourth-order valence-corrected chi connectivity index (χ4v) is 6.15. The molecular formula is C14H21BrN2O2S2. The lowest BCUT2D eigenvalue weighted by molar-refractivity contribution is 0.579. The van der Waals surface area contributed by atoms with Crippen molar-refractivity contribution in [3.63, 3.8) is 0 Å². The molecule has 1 unspecified atom stereocenters. The predicted octanol–water partition coefficient (Wildman–Crippen LogP) is 2.78. The van der Waals surface area contributed by atoms with E-state index in [1.54, 1.807) is 18.7 Å². The summed E-state index contributed by atoms with van der Waals surface area (Å²) in [5.74, 6) is 1.75. The summed E-state index contributed by atoms with van der Waals surface area (Å²) in [6, 6.07) is 5.87. The standard InChI is InChI=1S/C14H21BrN2O2S2/c1-3-21(18,19)14-9-20-7-6-17(14)11-4-5-12(10(2)16)13(15)8-11/h4-5,8,10,14H,3,6-7,9,16H2,1-2H3/t10-,14?/m1/s1. The molecule has 0 radical (unpaired) electrons. The first-order valence-corrected chi connectivity index (χ1v) is 10.6. The van der Waals surface area contributed by atoms with E-state index in [9.17, 15) is 8.42 Å². The van der Waals surface area contributed by atoms with Crippen molar-refractivity contribution in [1.29, 1.82) is 0 Å². The van der Waals surface area contributed by atoms with Crippen molar-refractivity contribution in [3.05, 3.63) is 28.2 Å². The molecule has 2 rings (SSSR count). The SMILES string of the molecule is CCS(=O)(=O)C1CSCCN1c1ccc([C@@H](C)N)c(Br)c1. The van der Waals surface area contributed by atoms with Crippen LogP contribution < -0.4 is 10.6 Å². The van der Waals surface area contributed by atoms with Gasteiger partial charge in [-0.05, 0) is 24.6 Å². The summed E-state index contributed by atoms with van der Waals surface area (Å²) in [6.07, 6.45) is 0. The van der Waals surface area contributed by atoms with E-state index in [1.165, 1.54) is 0 Å². The van der Waals surface area contributed by atoms with E-state index in [-0.39, 0.29) is 11.8 Å². The highest BCUT2D eigenvalue weighted by Crippen LogP contribution is 2.32. The summed E-state index contributed by atoms with van der Waals surface area (Å²) in [4.78, 5) is 2.01. The molecule has 0 aliphatic carbocycles. The monoisotopic (exact) mass is 392 g/mol. The molecule has 4 nitrogen and oxygen atoms in total. The van der Waals surface area contributed by atoms with Gasteiger partial charge in [0.1, 0.15) is 5.37 Å². The number of anilines is 1. The Balaban J connectivity index is 2.36. The van der Waals surface area contributed by atoms with Crippen molar-refractivity contribution >= 4 is 43.2 Å². The Hall–Kier alpha value is -0.240. The fourth-order valence-electron chi connectivity index (χ4n) is 2.43. The van der Waals surface area contributed by atoms with Crippen LogP contribution in [0.3, 0.4) is 0 Å². The van der Waals surface area contributed by atoms with Gasteiger partial charge in [-0.3, -0.25) is 0 Å². The van der Waals surface area contributed by atoms with Crippen LogP contribution in [-0.2, 0) is 9.84 Å². The zero-order chi connectivity index (χ0) is 15.6. The molecule has 0 spiro atoms. The van der Waals surface area contributed by atoms with E-state index in [2.05, 4.69) is 15.9 Å². The number of halogens is 1. The third kappa shape index (κ3) is 3.75. The van der Waals surface area contributed by atoms with Gasteiger partial charge in [0.15, 0.2) is 9.84 Å². The lowest BCUT2D eigenvalue weighted by Crippen LogP contribution is -2.48. The van der Waals surface area contributed by atoms with Gasteiger partial charge in [0.25, 0.3) is 0 Å². The van der Waals surface area contributed by atoms with Gasteiger partial charge in [-0.1, -0.05) is 28.9 Å². The summed E-state index contributed by atoms with van der Waals surface area (Å²) in [5, 5.41) is -0.436. The Morgan fingerprint density at radius 1 is 1.52 bits per heavy atom. The van der Waals surface area contributed by atoms with E-state index in [0.29, 0.717) is 5.75 Å². The Morgan fingerprint density at radius 3 is 2.81 bits per heavy atom. The highest BCUT2D eigenvalue weighted by atomic mass is 79.9. The Bertz CT molecular complexity index is 605. The quantitative estimate of drug-likeness (QED) is 0.852. The number of nitrogens with two attached hydrogens (primary N) is 1. The number of rotatable bonds is 4. The molecule has 1 aliphatic heterocycles. The molecule has 1 aromatic carbocycles. The van der Waals surface area contributed by atoms with Crippen LogP contribution in [0.15, 0.2) is 22.7 Å². The van der Waals surface area contributed by atoms with Gasteiger partial charge in [0.2, 0.25) is 0 Å². The van der Waals surface area contributed by atoms with Gasteiger partial charge in [-0.15, -0.1) is 0 Å². The minimum Gasteiger partial charge on any atom is -0.353 e. The van der Waals surface area contributed by atoms with E-state index >= 15 is 0 Å². The first kappa shape index (κ1) is 17.1. The topological polar surface area (TPSA) is 63.4 Å². The molecule has 2 N–H and O–H groups in total. The molecule has 1 aliphatic rings.